The molecule has 0 fully saturated rings. The summed E-state index contributed by atoms with van der Waals surface area (Å²) in [5.41, 5.74) is 0. The molecule has 0 aromatic rings. The van der Waals surface area contributed by atoms with E-state index in [9.17, 15) is 0 Å². The zero-order chi connectivity index (χ0) is 9.23. The third kappa shape index (κ3) is 9.50. The quantitative estimate of drug-likeness (QED) is 0.414. The molecule has 0 aliphatic carbocycles. The number of hydrogen-bond donors (Lipinski definition) is 0. The second kappa shape index (κ2) is 8.60. The van der Waals surface area contributed by atoms with Crippen LogP contribution in [-0.4, -0.2) is 19.8 Å². The maximum Gasteiger partial charge on any atom is 0.0877 e. The average Bonchev–Trinajstić information content (AvgIpc) is 2.02. The molecular formula is C10H20O2. The smallest absolute Gasteiger partial charge is 0.0877 e. The van der Waals surface area contributed by atoms with Crippen LogP contribution in [0, 0.1) is 0 Å². The molecule has 0 bridgehead atoms. The van der Waals surface area contributed by atoms with E-state index in [1.807, 2.05) is 6.92 Å². The summed E-state index contributed by atoms with van der Waals surface area (Å²) in [5, 5.41) is 0. The van der Waals surface area contributed by atoms with Crippen molar-refractivity contribution >= 4 is 0 Å². The monoisotopic (exact) mass is 172 g/mol. The summed E-state index contributed by atoms with van der Waals surface area (Å²) >= 11 is 0. The lowest BCUT2D eigenvalue weighted by atomic mass is 10.3. The van der Waals surface area contributed by atoms with Gasteiger partial charge in [-0.3, -0.25) is 0 Å². The molecule has 0 aliphatic rings. The van der Waals surface area contributed by atoms with E-state index in [0.717, 1.165) is 44.8 Å². The van der Waals surface area contributed by atoms with E-state index in [1.165, 1.54) is 0 Å². The summed E-state index contributed by atoms with van der Waals surface area (Å²) in [6.07, 6.45) is 3.23. The number of unbranched alkanes of at least 4 members (excludes halogenated alkanes) is 1. The third-order valence-electron chi connectivity index (χ3n) is 1.38. The second-order valence-corrected chi connectivity index (χ2v) is 2.87. The van der Waals surface area contributed by atoms with Gasteiger partial charge in [0.1, 0.15) is 0 Å². The molecule has 0 amide bonds. The molecule has 0 N–H and O–H groups in total. The first kappa shape index (κ1) is 11.5. The minimum Gasteiger partial charge on any atom is -0.499 e. The van der Waals surface area contributed by atoms with Crippen LogP contribution in [0.2, 0.25) is 0 Å². The van der Waals surface area contributed by atoms with Gasteiger partial charge in [0, 0.05) is 13.2 Å². The van der Waals surface area contributed by atoms with Crippen LogP contribution in [0.25, 0.3) is 0 Å². The van der Waals surface area contributed by atoms with Crippen molar-refractivity contribution in [2.24, 2.45) is 0 Å². The van der Waals surface area contributed by atoms with Crippen molar-refractivity contribution in [3.05, 3.63) is 12.3 Å². The SMILES string of the molecule is C=C(C)OCCCCOCCC. The van der Waals surface area contributed by atoms with E-state index >= 15 is 0 Å². The van der Waals surface area contributed by atoms with E-state index in [1.54, 1.807) is 0 Å². The van der Waals surface area contributed by atoms with E-state index < -0.39 is 0 Å². The van der Waals surface area contributed by atoms with E-state index in [-0.39, 0.29) is 0 Å². The van der Waals surface area contributed by atoms with Crippen LogP contribution in [0.3, 0.4) is 0 Å². The molecule has 0 aliphatic heterocycles. The summed E-state index contributed by atoms with van der Waals surface area (Å²) in [7, 11) is 0. The lowest BCUT2D eigenvalue weighted by Gasteiger charge is -2.04. The predicted octanol–water partition coefficient (Wildman–Crippen LogP) is 2.74. The molecule has 12 heavy (non-hydrogen) atoms. The molecule has 0 saturated carbocycles. The van der Waals surface area contributed by atoms with Crippen LogP contribution in [0.1, 0.15) is 33.1 Å². The second-order valence-electron chi connectivity index (χ2n) is 2.87. The highest BCUT2D eigenvalue weighted by Crippen LogP contribution is 1.96. The Kier molecular flexibility index (Phi) is 8.24. The average molecular weight is 172 g/mol. The molecule has 0 aromatic carbocycles. The Bertz CT molecular complexity index is 110. The van der Waals surface area contributed by atoms with Crippen LogP contribution in [-0.2, 0) is 9.47 Å². The lowest BCUT2D eigenvalue weighted by Crippen LogP contribution is -1.98. The van der Waals surface area contributed by atoms with Gasteiger partial charge in [-0.05, 0) is 26.2 Å². The number of ether oxygens (including phenoxy) is 2. The van der Waals surface area contributed by atoms with E-state index in [2.05, 4.69) is 13.5 Å². The fourth-order valence-corrected chi connectivity index (χ4v) is 0.799. The van der Waals surface area contributed by atoms with Gasteiger partial charge in [0.15, 0.2) is 0 Å². The van der Waals surface area contributed by atoms with Gasteiger partial charge in [-0.15, -0.1) is 0 Å². The predicted molar refractivity (Wildman–Crippen MR) is 51.1 cm³/mol. The largest absolute Gasteiger partial charge is 0.499 e. The summed E-state index contributed by atoms with van der Waals surface area (Å²) in [5.74, 6) is 0.796. The van der Waals surface area contributed by atoms with Gasteiger partial charge in [0.05, 0.1) is 12.4 Å². The fourth-order valence-electron chi connectivity index (χ4n) is 0.799. The molecular weight excluding hydrogens is 152 g/mol. The zero-order valence-electron chi connectivity index (χ0n) is 8.27. The van der Waals surface area contributed by atoms with Gasteiger partial charge >= 0.3 is 0 Å². The Balaban J connectivity index is 2.86. The Morgan fingerprint density at radius 1 is 1.17 bits per heavy atom. The standard InChI is InChI=1S/C10H20O2/c1-4-7-11-8-5-6-9-12-10(2)3/h2,4-9H2,1,3H3. The molecule has 0 rings (SSSR count). The number of allylic oxidation sites excluding steroid dienone is 1. The van der Waals surface area contributed by atoms with Crippen LogP contribution >= 0.6 is 0 Å². The van der Waals surface area contributed by atoms with E-state index in [0.29, 0.717) is 0 Å². The molecule has 2 nitrogen and oxygen atoms in total. The van der Waals surface area contributed by atoms with Crippen molar-refractivity contribution in [1.82, 2.24) is 0 Å². The summed E-state index contributed by atoms with van der Waals surface area (Å²) in [6.45, 7) is 10.1. The summed E-state index contributed by atoms with van der Waals surface area (Å²) < 4.78 is 10.5. The third-order valence-corrected chi connectivity index (χ3v) is 1.38. The van der Waals surface area contributed by atoms with Crippen LogP contribution < -0.4 is 0 Å². The Morgan fingerprint density at radius 3 is 2.42 bits per heavy atom. The molecule has 0 saturated heterocycles. The Hall–Kier alpha value is -0.500. The lowest BCUT2D eigenvalue weighted by molar-refractivity contribution is 0.121. The van der Waals surface area contributed by atoms with Crippen molar-refractivity contribution in [3.63, 3.8) is 0 Å². The Morgan fingerprint density at radius 2 is 1.83 bits per heavy atom. The molecule has 0 atom stereocenters. The highest BCUT2D eigenvalue weighted by atomic mass is 16.5. The van der Waals surface area contributed by atoms with Crippen LogP contribution in [0.15, 0.2) is 12.3 Å². The van der Waals surface area contributed by atoms with Crippen LogP contribution in [0.4, 0.5) is 0 Å². The summed E-state index contributed by atoms with van der Waals surface area (Å²) in [4.78, 5) is 0. The normalized spacial score (nSPS) is 9.83. The highest BCUT2D eigenvalue weighted by Gasteiger charge is 1.89. The Labute approximate surface area is 75.6 Å². The molecule has 0 unspecified atom stereocenters. The van der Waals surface area contributed by atoms with Crippen molar-refractivity contribution in [3.8, 4) is 0 Å². The number of rotatable bonds is 8. The minimum atomic E-state index is 0.769. The van der Waals surface area contributed by atoms with Crippen molar-refractivity contribution in [2.45, 2.75) is 33.1 Å². The maximum atomic E-state index is 5.31. The maximum absolute atomic E-state index is 5.31. The molecule has 2 heteroatoms. The van der Waals surface area contributed by atoms with Crippen LogP contribution in [0.5, 0.6) is 0 Å². The van der Waals surface area contributed by atoms with Crippen molar-refractivity contribution in [1.29, 1.82) is 0 Å². The summed E-state index contributed by atoms with van der Waals surface area (Å²) in [6, 6.07) is 0. The fraction of sp³-hybridized carbons (Fsp3) is 0.800. The molecule has 0 spiro atoms. The highest BCUT2D eigenvalue weighted by molar-refractivity contribution is 4.73. The van der Waals surface area contributed by atoms with Crippen molar-refractivity contribution in [2.75, 3.05) is 19.8 Å². The molecule has 0 radical (unpaired) electrons. The minimum absolute atomic E-state index is 0.769. The first-order chi connectivity index (χ1) is 5.77. The van der Waals surface area contributed by atoms with Gasteiger partial charge in [-0.1, -0.05) is 13.5 Å². The zero-order valence-corrected chi connectivity index (χ0v) is 8.27. The number of hydrogen-bond acceptors (Lipinski definition) is 2. The van der Waals surface area contributed by atoms with E-state index in [4.69, 9.17) is 9.47 Å². The van der Waals surface area contributed by atoms with Gasteiger partial charge in [-0.2, -0.15) is 0 Å². The topological polar surface area (TPSA) is 18.5 Å². The van der Waals surface area contributed by atoms with Gasteiger partial charge in [0.2, 0.25) is 0 Å². The first-order valence-corrected chi connectivity index (χ1v) is 4.63. The van der Waals surface area contributed by atoms with Crippen molar-refractivity contribution < 1.29 is 9.47 Å². The first-order valence-electron chi connectivity index (χ1n) is 4.63. The molecule has 72 valence electrons. The van der Waals surface area contributed by atoms with Gasteiger partial charge in [-0.25, -0.2) is 0 Å². The molecule has 0 heterocycles. The van der Waals surface area contributed by atoms with Gasteiger partial charge < -0.3 is 9.47 Å². The van der Waals surface area contributed by atoms with Gasteiger partial charge in [0.25, 0.3) is 0 Å². The molecule has 0 aromatic heterocycles.